The summed E-state index contributed by atoms with van der Waals surface area (Å²) in [5, 5.41) is 12.7. The average molecular weight is 442 g/mol. The Morgan fingerprint density at radius 2 is 1.78 bits per heavy atom. The lowest BCUT2D eigenvalue weighted by Gasteiger charge is -2.08. The van der Waals surface area contributed by atoms with Crippen molar-refractivity contribution in [2.45, 2.75) is 11.6 Å². The van der Waals surface area contributed by atoms with E-state index in [4.69, 9.17) is 34.8 Å². The van der Waals surface area contributed by atoms with Crippen LogP contribution in [0.4, 0.5) is 5.69 Å². The molecule has 140 valence electrons. The number of nitrogens with one attached hydrogen (secondary N) is 1. The van der Waals surface area contributed by atoms with Crippen LogP contribution in [-0.2, 0) is 18.3 Å². The van der Waals surface area contributed by atoms with Crippen molar-refractivity contribution in [3.8, 4) is 0 Å². The van der Waals surface area contributed by atoms with Crippen molar-refractivity contribution in [3.63, 3.8) is 0 Å². The van der Waals surface area contributed by atoms with Gasteiger partial charge in [0, 0.05) is 13.5 Å². The summed E-state index contributed by atoms with van der Waals surface area (Å²) in [5.41, 5.74) is 1.57. The van der Waals surface area contributed by atoms with Crippen LogP contribution in [0, 0.1) is 0 Å². The number of carbonyl (C=O) groups excluding carboxylic acids is 1. The van der Waals surface area contributed by atoms with Crippen LogP contribution in [0.2, 0.25) is 15.1 Å². The number of hydrogen-bond donors (Lipinski definition) is 1. The van der Waals surface area contributed by atoms with Gasteiger partial charge in [-0.15, -0.1) is 10.2 Å². The van der Waals surface area contributed by atoms with Crippen LogP contribution < -0.4 is 5.32 Å². The van der Waals surface area contributed by atoms with E-state index in [9.17, 15) is 4.79 Å². The summed E-state index contributed by atoms with van der Waals surface area (Å²) in [6.45, 7) is 0. The van der Waals surface area contributed by atoms with Gasteiger partial charge >= 0.3 is 0 Å². The highest BCUT2D eigenvalue weighted by Crippen LogP contribution is 2.32. The molecule has 0 unspecified atom stereocenters. The van der Waals surface area contributed by atoms with E-state index in [1.54, 1.807) is 0 Å². The van der Waals surface area contributed by atoms with Crippen LogP contribution in [0.5, 0.6) is 0 Å². The number of anilines is 1. The van der Waals surface area contributed by atoms with Crippen LogP contribution >= 0.6 is 46.6 Å². The van der Waals surface area contributed by atoms with Crippen LogP contribution in [0.3, 0.4) is 0 Å². The van der Waals surface area contributed by atoms with Gasteiger partial charge in [0.15, 0.2) is 5.16 Å². The smallest absolute Gasteiger partial charge is 0.234 e. The molecule has 1 heterocycles. The molecule has 2 aromatic carbocycles. The summed E-state index contributed by atoms with van der Waals surface area (Å²) in [7, 11) is 1.88. The maximum atomic E-state index is 12.2. The Kier molecular flexibility index (Phi) is 6.65. The molecule has 0 saturated carbocycles. The molecular formula is C18H15Cl3N4OS. The van der Waals surface area contributed by atoms with Gasteiger partial charge in [-0.3, -0.25) is 4.79 Å². The number of nitrogens with zero attached hydrogens (tertiary/aromatic N) is 3. The van der Waals surface area contributed by atoms with Gasteiger partial charge in [-0.1, -0.05) is 76.9 Å². The third-order valence-electron chi connectivity index (χ3n) is 3.75. The number of rotatable bonds is 6. The standard InChI is InChI=1S/C18H15Cl3N4OS/c1-25-16(7-11-5-3-2-4-6-11)23-24-18(25)27-10-17(26)22-15-9-13(20)12(19)8-14(15)21/h2-6,8-9H,7,10H2,1H3,(H,22,26). The Hall–Kier alpha value is -1.73. The van der Waals surface area contributed by atoms with Gasteiger partial charge in [-0.25, -0.2) is 0 Å². The fourth-order valence-corrected chi connectivity index (χ4v) is 3.66. The number of amides is 1. The summed E-state index contributed by atoms with van der Waals surface area (Å²) < 4.78 is 1.89. The Bertz CT molecular complexity index is 963. The van der Waals surface area contributed by atoms with E-state index in [2.05, 4.69) is 15.5 Å². The Balaban J connectivity index is 1.60. The predicted octanol–water partition coefficient (Wildman–Crippen LogP) is 5.10. The molecule has 3 rings (SSSR count). The van der Waals surface area contributed by atoms with Crippen molar-refractivity contribution < 1.29 is 4.79 Å². The molecule has 0 saturated heterocycles. The van der Waals surface area contributed by atoms with Crippen molar-refractivity contribution in [3.05, 3.63) is 68.9 Å². The molecule has 0 radical (unpaired) electrons. The minimum Gasteiger partial charge on any atom is -0.324 e. The number of halogens is 3. The molecule has 9 heteroatoms. The van der Waals surface area contributed by atoms with E-state index in [0.717, 1.165) is 11.4 Å². The fourth-order valence-electron chi connectivity index (χ4n) is 2.34. The van der Waals surface area contributed by atoms with Crippen molar-refractivity contribution in [1.82, 2.24) is 14.8 Å². The molecule has 3 aromatic rings. The first-order valence-electron chi connectivity index (χ1n) is 7.93. The summed E-state index contributed by atoms with van der Waals surface area (Å²) in [6, 6.07) is 13.0. The Labute approximate surface area is 176 Å². The number of benzene rings is 2. The van der Waals surface area contributed by atoms with Crippen LogP contribution in [-0.4, -0.2) is 26.4 Å². The zero-order valence-corrected chi connectivity index (χ0v) is 17.3. The second-order valence-electron chi connectivity index (χ2n) is 5.70. The molecule has 0 aliphatic carbocycles. The SMILES string of the molecule is Cn1c(Cc2ccccc2)nnc1SCC(=O)Nc1cc(Cl)c(Cl)cc1Cl. The van der Waals surface area contributed by atoms with Gasteiger partial charge in [0.2, 0.25) is 5.91 Å². The number of thioether (sulfide) groups is 1. The molecule has 0 atom stereocenters. The molecule has 1 aromatic heterocycles. The predicted molar refractivity (Wildman–Crippen MR) is 111 cm³/mol. The normalized spacial score (nSPS) is 10.8. The second-order valence-corrected chi connectivity index (χ2v) is 7.87. The monoisotopic (exact) mass is 440 g/mol. The lowest BCUT2D eigenvalue weighted by atomic mass is 10.1. The summed E-state index contributed by atoms with van der Waals surface area (Å²) in [4.78, 5) is 12.2. The minimum atomic E-state index is -0.229. The van der Waals surface area contributed by atoms with Crippen LogP contribution in [0.15, 0.2) is 47.6 Å². The fraction of sp³-hybridized carbons (Fsp3) is 0.167. The quantitative estimate of drug-likeness (QED) is 0.427. The average Bonchev–Trinajstić information content (AvgIpc) is 2.99. The molecular weight excluding hydrogens is 427 g/mol. The lowest BCUT2D eigenvalue weighted by Crippen LogP contribution is -2.15. The maximum Gasteiger partial charge on any atom is 0.234 e. The van der Waals surface area contributed by atoms with E-state index in [-0.39, 0.29) is 11.7 Å². The molecule has 0 aliphatic heterocycles. The highest BCUT2D eigenvalue weighted by atomic mass is 35.5. The van der Waals surface area contributed by atoms with Crippen molar-refractivity contribution in [1.29, 1.82) is 0 Å². The van der Waals surface area contributed by atoms with Crippen LogP contribution in [0.1, 0.15) is 11.4 Å². The zero-order valence-electron chi connectivity index (χ0n) is 14.2. The van der Waals surface area contributed by atoms with Gasteiger partial charge in [0.25, 0.3) is 0 Å². The van der Waals surface area contributed by atoms with Gasteiger partial charge < -0.3 is 9.88 Å². The molecule has 0 fully saturated rings. The summed E-state index contributed by atoms with van der Waals surface area (Å²) in [6.07, 6.45) is 0.677. The van der Waals surface area contributed by atoms with Crippen LogP contribution in [0.25, 0.3) is 0 Å². The summed E-state index contributed by atoms with van der Waals surface area (Å²) in [5.74, 6) is 0.762. The molecule has 27 heavy (non-hydrogen) atoms. The first-order chi connectivity index (χ1) is 12.9. The third kappa shape index (κ3) is 5.17. The molecule has 5 nitrogen and oxygen atoms in total. The zero-order chi connectivity index (χ0) is 19.4. The first kappa shape index (κ1) is 20.0. The molecule has 0 spiro atoms. The maximum absolute atomic E-state index is 12.2. The molecule has 0 bridgehead atoms. The number of carbonyl (C=O) groups is 1. The third-order valence-corrected chi connectivity index (χ3v) is 5.80. The molecule has 1 amide bonds. The second kappa shape index (κ2) is 8.97. The van der Waals surface area contributed by atoms with E-state index in [0.29, 0.717) is 32.3 Å². The van der Waals surface area contributed by atoms with E-state index in [1.807, 2.05) is 41.9 Å². The highest BCUT2D eigenvalue weighted by Gasteiger charge is 2.13. The van der Waals surface area contributed by atoms with E-state index >= 15 is 0 Å². The topological polar surface area (TPSA) is 59.8 Å². The van der Waals surface area contributed by atoms with Gasteiger partial charge in [0.05, 0.1) is 26.5 Å². The van der Waals surface area contributed by atoms with Gasteiger partial charge in [-0.05, 0) is 17.7 Å². The van der Waals surface area contributed by atoms with E-state index < -0.39 is 0 Å². The van der Waals surface area contributed by atoms with E-state index in [1.165, 1.54) is 23.9 Å². The Morgan fingerprint density at radius 3 is 2.52 bits per heavy atom. The minimum absolute atomic E-state index is 0.161. The van der Waals surface area contributed by atoms with Crippen molar-refractivity contribution in [2.75, 3.05) is 11.1 Å². The summed E-state index contributed by atoms with van der Waals surface area (Å²) >= 11 is 19.2. The highest BCUT2D eigenvalue weighted by molar-refractivity contribution is 7.99. The number of hydrogen-bond acceptors (Lipinski definition) is 4. The lowest BCUT2D eigenvalue weighted by molar-refractivity contribution is -0.113. The molecule has 0 aliphatic rings. The first-order valence-corrected chi connectivity index (χ1v) is 10.1. The van der Waals surface area contributed by atoms with Gasteiger partial charge in [0.1, 0.15) is 5.82 Å². The largest absolute Gasteiger partial charge is 0.324 e. The molecule has 1 N–H and O–H groups in total. The van der Waals surface area contributed by atoms with Crippen molar-refractivity contribution >= 4 is 58.2 Å². The van der Waals surface area contributed by atoms with Crippen molar-refractivity contribution in [2.24, 2.45) is 7.05 Å². The van der Waals surface area contributed by atoms with Gasteiger partial charge in [-0.2, -0.15) is 0 Å². The Morgan fingerprint density at radius 1 is 1.07 bits per heavy atom. The number of aromatic nitrogens is 3.